The highest BCUT2D eigenvalue weighted by atomic mass is 14.1. The molecule has 0 aromatic heterocycles. The van der Waals surface area contributed by atoms with Crippen LogP contribution in [0, 0.1) is 5.41 Å². The van der Waals surface area contributed by atoms with Crippen molar-refractivity contribution in [3.8, 4) is 0 Å². The molecular weight excluding hydrogens is 107 g/mol. The summed E-state index contributed by atoms with van der Waals surface area (Å²) in [7, 11) is 2.17. The molecule has 0 heterocycles. The number of allylic oxidation sites excluding steroid dienone is 2. The Morgan fingerprint density at radius 2 is 1.78 bits per heavy atom. The van der Waals surface area contributed by atoms with Crippen LogP contribution in [0.1, 0.15) is 27.2 Å². The van der Waals surface area contributed by atoms with Crippen LogP contribution in [-0.2, 0) is 0 Å². The van der Waals surface area contributed by atoms with Crippen LogP contribution in [0.5, 0.6) is 0 Å². The molecule has 0 fully saturated rings. The predicted octanol–water partition coefficient (Wildman–Crippen LogP) is 2.03. The monoisotopic (exact) mass is 124 g/mol. The Morgan fingerprint density at radius 1 is 1.22 bits per heavy atom. The standard InChI is InChI=1S/C8H17B/c1-8(2,3)6-4-5-7-9/h4-5H,6-7,9H2,1-3H3/b5-4-. The minimum absolute atomic E-state index is 0.464. The SMILES string of the molecule is BC/C=C\CC(C)(C)C. The zero-order chi connectivity index (χ0) is 7.33. The van der Waals surface area contributed by atoms with Gasteiger partial charge in [-0.2, -0.15) is 0 Å². The molecule has 0 aromatic carbocycles. The first-order valence-corrected chi connectivity index (χ1v) is 3.71. The Balaban J connectivity index is 3.38. The fraction of sp³-hybridized carbons (Fsp3) is 0.750. The molecule has 0 radical (unpaired) electrons. The van der Waals surface area contributed by atoms with Gasteiger partial charge in [0.25, 0.3) is 0 Å². The third kappa shape index (κ3) is 7.80. The van der Waals surface area contributed by atoms with Crippen molar-refractivity contribution in [3.05, 3.63) is 12.2 Å². The van der Waals surface area contributed by atoms with Crippen molar-refractivity contribution >= 4 is 7.85 Å². The van der Waals surface area contributed by atoms with Crippen LogP contribution in [0.3, 0.4) is 0 Å². The zero-order valence-electron chi connectivity index (χ0n) is 7.07. The fourth-order valence-electron chi connectivity index (χ4n) is 0.604. The summed E-state index contributed by atoms with van der Waals surface area (Å²) in [5.74, 6) is 0. The van der Waals surface area contributed by atoms with Gasteiger partial charge in [0.2, 0.25) is 0 Å². The van der Waals surface area contributed by atoms with Gasteiger partial charge in [0.1, 0.15) is 7.85 Å². The first-order valence-electron chi connectivity index (χ1n) is 3.71. The maximum absolute atomic E-state index is 2.26. The third-order valence-electron chi connectivity index (χ3n) is 1.13. The van der Waals surface area contributed by atoms with E-state index in [0.29, 0.717) is 5.41 Å². The molecule has 0 spiro atoms. The number of hydrogen-bond acceptors (Lipinski definition) is 0. The lowest BCUT2D eigenvalue weighted by atomic mass is 9.91. The number of rotatable bonds is 2. The van der Waals surface area contributed by atoms with E-state index in [2.05, 4.69) is 40.8 Å². The maximum Gasteiger partial charge on any atom is 0.106 e. The van der Waals surface area contributed by atoms with E-state index >= 15 is 0 Å². The van der Waals surface area contributed by atoms with Crippen molar-refractivity contribution in [3.63, 3.8) is 0 Å². The molecule has 0 saturated carbocycles. The molecule has 0 saturated heterocycles. The second kappa shape index (κ2) is 3.76. The maximum atomic E-state index is 2.26. The summed E-state index contributed by atoms with van der Waals surface area (Å²) < 4.78 is 0. The Labute approximate surface area is 59.8 Å². The molecule has 0 amide bonds. The van der Waals surface area contributed by atoms with Gasteiger partial charge < -0.3 is 0 Å². The van der Waals surface area contributed by atoms with Crippen molar-refractivity contribution in [1.82, 2.24) is 0 Å². The van der Waals surface area contributed by atoms with Crippen LogP contribution < -0.4 is 0 Å². The molecule has 0 aliphatic rings. The van der Waals surface area contributed by atoms with Crippen LogP contribution >= 0.6 is 0 Å². The highest BCUT2D eigenvalue weighted by Gasteiger charge is 2.05. The van der Waals surface area contributed by atoms with Gasteiger partial charge in [-0.15, -0.1) is 0 Å². The van der Waals surface area contributed by atoms with Gasteiger partial charge in [-0.3, -0.25) is 0 Å². The quantitative estimate of drug-likeness (QED) is 0.390. The topological polar surface area (TPSA) is 0 Å². The molecule has 0 rings (SSSR count). The fourth-order valence-corrected chi connectivity index (χ4v) is 0.604. The summed E-state index contributed by atoms with van der Waals surface area (Å²) >= 11 is 0. The van der Waals surface area contributed by atoms with Crippen molar-refractivity contribution in [2.45, 2.75) is 33.5 Å². The van der Waals surface area contributed by atoms with E-state index in [1.54, 1.807) is 0 Å². The molecule has 0 aliphatic heterocycles. The average molecular weight is 124 g/mol. The minimum Gasteiger partial charge on any atom is -0.0964 e. The lowest BCUT2D eigenvalue weighted by molar-refractivity contribution is 0.420. The van der Waals surface area contributed by atoms with E-state index in [4.69, 9.17) is 0 Å². The summed E-state index contributed by atoms with van der Waals surface area (Å²) in [6.07, 6.45) is 6.85. The molecule has 0 nitrogen and oxygen atoms in total. The van der Waals surface area contributed by atoms with E-state index in [0.717, 1.165) is 6.32 Å². The normalized spacial score (nSPS) is 12.8. The van der Waals surface area contributed by atoms with E-state index in [-0.39, 0.29) is 0 Å². The Hall–Kier alpha value is -0.195. The van der Waals surface area contributed by atoms with Crippen molar-refractivity contribution in [2.75, 3.05) is 0 Å². The average Bonchev–Trinajstić information content (AvgIpc) is 1.63. The Bertz CT molecular complexity index is 87.2. The Kier molecular flexibility index (Phi) is 3.68. The van der Waals surface area contributed by atoms with Crippen molar-refractivity contribution < 1.29 is 0 Å². The molecule has 0 unspecified atom stereocenters. The van der Waals surface area contributed by atoms with Crippen LogP contribution in [0.4, 0.5) is 0 Å². The third-order valence-corrected chi connectivity index (χ3v) is 1.13. The van der Waals surface area contributed by atoms with Gasteiger partial charge in [-0.1, -0.05) is 39.2 Å². The molecule has 52 valence electrons. The molecular formula is C8H17B. The summed E-state index contributed by atoms with van der Waals surface area (Å²) in [4.78, 5) is 0. The van der Waals surface area contributed by atoms with Gasteiger partial charge in [-0.25, -0.2) is 0 Å². The van der Waals surface area contributed by atoms with Crippen LogP contribution in [-0.4, -0.2) is 7.85 Å². The lowest BCUT2D eigenvalue weighted by Crippen LogP contribution is -2.01. The summed E-state index contributed by atoms with van der Waals surface area (Å²) in [6.45, 7) is 6.77. The van der Waals surface area contributed by atoms with Crippen LogP contribution in [0.2, 0.25) is 6.32 Å². The largest absolute Gasteiger partial charge is 0.106 e. The van der Waals surface area contributed by atoms with E-state index in [1.807, 2.05) is 0 Å². The van der Waals surface area contributed by atoms with Crippen LogP contribution in [0.15, 0.2) is 12.2 Å². The lowest BCUT2D eigenvalue weighted by Gasteiger charge is -2.14. The van der Waals surface area contributed by atoms with Crippen LogP contribution in [0.25, 0.3) is 0 Å². The van der Waals surface area contributed by atoms with Gasteiger partial charge in [0.05, 0.1) is 0 Å². The zero-order valence-corrected chi connectivity index (χ0v) is 7.07. The van der Waals surface area contributed by atoms with Crippen molar-refractivity contribution in [1.29, 1.82) is 0 Å². The molecule has 0 aliphatic carbocycles. The first-order chi connectivity index (χ1) is 4.06. The first kappa shape index (κ1) is 8.80. The van der Waals surface area contributed by atoms with Gasteiger partial charge in [0, 0.05) is 0 Å². The summed E-state index contributed by atoms with van der Waals surface area (Å²) in [6, 6.07) is 0. The number of hydrogen-bond donors (Lipinski definition) is 0. The van der Waals surface area contributed by atoms with Gasteiger partial charge >= 0.3 is 0 Å². The molecule has 0 N–H and O–H groups in total. The van der Waals surface area contributed by atoms with Gasteiger partial charge in [-0.05, 0) is 11.8 Å². The Morgan fingerprint density at radius 3 is 2.11 bits per heavy atom. The summed E-state index contributed by atoms with van der Waals surface area (Å²) in [5.41, 5.74) is 0.464. The minimum atomic E-state index is 0.464. The second-order valence-electron chi connectivity index (χ2n) is 3.64. The highest BCUT2D eigenvalue weighted by Crippen LogP contribution is 2.18. The van der Waals surface area contributed by atoms with E-state index < -0.39 is 0 Å². The van der Waals surface area contributed by atoms with E-state index in [9.17, 15) is 0 Å². The van der Waals surface area contributed by atoms with Gasteiger partial charge in [0.15, 0.2) is 0 Å². The molecule has 0 aromatic rings. The molecule has 1 heteroatoms. The molecule has 0 bridgehead atoms. The molecule has 9 heavy (non-hydrogen) atoms. The van der Waals surface area contributed by atoms with E-state index in [1.165, 1.54) is 6.42 Å². The highest BCUT2D eigenvalue weighted by molar-refractivity contribution is 6.09. The predicted molar refractivity (Wildman–Crippen MR) is 46.6 cm³/mol. The second-order valence-corrected chi connectivity index (χ2v) is 3.64. The smallest absolute Gasteiger partial charge is 0.0964 e. The summed E-state index contributed by atoms with van der Waals surface area (Å²) in [5, 5.41) is 0. The molecule has 0 atom stereocenters. The van der Waals surface area contributed by atoms with Crippen molar-refractivity contribution in [2.24, 2.45) is 5.41 Å².